The molecule has 3 aromatic rings. The Balaban J connectivity index is 1.14. The van der Waals surface area contributed by atoms with Crippen LogP contribution in [0.25, 0.3) is 6.08 Å². The number of carboxylic acids is 1. The van der Waals surface area contributed by atoms with Crippen molar-refractivity contribution in [2.24, 2.45) is 0 Å². The van der Waals surface area contributed by atoms with Crippen LogP contribution in [0, 0.1) is 5.82 Å². The molecule has 0 spiro atoms. The van der Waals surface area contributed by atoms with Crippen molar-refractivity contribution in [2.45, 2.75) is 63.5 Å². The molecule has 0 amide bonds. The summed E-state index contributed by atoms with van der Waals surface area (Å²) in [7, 11) is 0. The average Bonchev–Trinajstić information content (AvgIpc) is 3.67. The summed E-state index contributed by atoms with van der Waals surface area (Å²) in [6.07, 6.45) is 8.46. The molecule has 2 saturated heterocycles. The van der Waals surface area contributed by atoms with Crippen LogP contribution in [0.2, 0.25) is 5.02 Å². The molecular weight excluding hydrogens is 549 g/mol. The van der Waals surface area contributed by atoms with Crippen molar-refractivity contribution in [3.05, 3.63) is 82.2 Å². The molecule has 0 radical (unpaired) electrons. The molecule has 2 aromatic carbocycles. The van der Waals surface area contributed by atoms with Gasteiger partial charge in [-0.05, 0) is 75.0 Å². The van der Waals surface area contributed by atoms with Crippen molar-refractivity contribution in [3.63, 3.8) is 0 Å². The quantitative estimate of drug-likeness (QED) is 0.328. The van der Waals surface area contributed by atoms with Crippen LogP contribution in [-0.2, 0) is 28.4 Å². The number of aromatic nitrogens is 2. The van der Waals surface area contributed by atoms with E-state index >= 15 is 0 Å². The van der Waals surface area contributed by atoms with E-state index in [2.05, 4.69) is 20.5 Å². The maximum atomic E-state index is 14.8. The van der Waals surface area contributed by atoms with Gasteiger partial charge in [-0.1, -0.05) is 23.7 Å². The minimum atomic E-state index is -1.28. The summed E-state index contributed by atoms with van der Waals surface area (Å²) in [6, 6.07) is 10.4. The first-order valence-electron chi connectivity index (χ1n) is 14.0. The molecule has 8 nitrogen and oxygen atoms in total. The van der Waals surface area contributed by atoms with E-state index in [1.54, 1.807) is 31.3 Å². The maximum absolute atomic E-state index is 14.8. The standard InChI is InChI=1S/C31H33ClFN3O5/c1-31(25-9-7-21(32)16-26(25)33)40-27-6-2-5-24(30(27)41-31)20-11-13-35(14-12-20)19-28-34-17-22(8-10-29(37)38)36(28)18-23-4-3-15-39-23/h2,5-10,16-17,20,23H,3-4,11-15,18-19H2,1H3,(H,37,38)/b10-8+/t23-,31?/m0/s1. The Bertz CT molecular complexity index is 1460. The number of benzene rings is 2. The molecule has 216 valence electrons. The fraction of sp³-hybridized carbons (Fsp3) is 0.419. The van der Waals surface area contributed by atoms with E-state index in [-0.39, 0.29) is 12.0 Å². The van der Waals surface area contributed by atoms with Gasteiger partial charge < -0.3 is 23.9 Å². The Morgan fingerprint density at radius 1 is 1.22 bits per heavy atom. The second-order valence-corrected chi connectivity index (χ2v) is 11.5. The van der Waals surface area contributed by atoms with Crippen molar-refractivity contribution in [2.75, 3.05) is 19.7 Å². The molecule has 10 heteroatoms. The first-order valence-corrected chi connectivity index (χ1v) is 14.4. The lowest BCUT2D eigenvalue weighted by atomic mass is 9.88. The Hall–Kier alpha value is -3.40. The third-order valence-electron chi connectivity index (χ3n) is 8.20. The highest BCUT2D eigenvalue weighted by Gasteiger charge is 2.43. The van der Waals surface area contributed by atoms with Crippen LogP contribution < -0.4 is 9.47 Å². The van der Waals surface area contributed by atoms with Crippen LogP contribution in [0.15, 0.2) is 48.7 Å². The number of rotatable bonds is 8. The number of piperidine rings is 1. The normalized spacial score (nSPS) is 23.0. The number of carboxylic acid groups (broad SMARTS) is 1. The maximum Gasteiger partial charge on any atom is 0.328 e. The van der Waals surface area contributed by atoms with E-state index in [9.17, 15) is 9.18 Å². The zero-order valence-electron chi connectivity index (χ0n) is 22.9. The minimum Gasteiger partial charge on any atom is -0.478 e. The molecule has 1 unspecified atom stereocenters. The summed E-state index contributed by atoms with van der Waals surface area (Å²) in [6.45, 7) is 5.54. The molecule has 6 rings (SSSR count). The summed E-state index contributed by atoms with van der Waals surface area (Å²) in [5.41, 5.74) is 2.14. The number of nitrogens with zero attached hydrogens (tertiary/aromatic N) is 3. The van der Waals surface area contributed by atoms with Gasteiger partial charge in [-0.15, -0.1) is 0 Å². The SMILES string of the molecule is CC1(c2ccc(Cl)cc2F)Oc2cccc(C3CCN(Cc4ncc(/C=C/C(=O)O)n4C[C@@H]4CCCO4)CC3)c2O1. The largest absolute Gasteiger partial charge is 0.478 e. The van der Waals surface area contributed by atoms with Crippen molar-refractivity contribution in [1.29, 1.82) is 0 Å². The molecule has 0 saturated carbocycles. The van der Waals surface area contributed by atoms with Crippen molar-refractivity contribution in [1.82, 2.24) is 14.5 Å². The Morgan fingerprint density at radius 2 is 2.05 bits per heavy atom. The van der Waals surface area contributed by atoms with Gasteiger partial charge in [0, 0.05) is 30.2 Å². The number of aliphatic carboxylic acids is 1. The Labute approximate surface area is 243 Å². The topological polar surface area (TPSA) is 86.1 Å². The fourth-order valence-electron chi connectivity index (χ4n) is 6.09. The first kappa shape index (κ1) is 27.8. The molecular formula is C31H33ClFN3O5. The lowest BCUT2D eigenvalue weighted by Gasteiger charge is -2.32. The number of fused-ring (bicyclic) bond motifs is 1. The molecule has 3 aliphatic rings. The molecule has 1 aromatic heterocycles. The van der Waals surface area contributed by atoms with Gasteiger partial charge in [-0.3, -0.25) is 4.90 Å². The Kier molecular flexibility index (Phi) is 7.76. The second-order valence-electron chi connectivity index (χ2n) is 11.0. The molecule has 41 heavy (non-hydrogen) atoms. The number of carbonyl (C=O) groups is 1. The number of para-hydroxylation sites is 1. The van der Waals surface area contributed by atoms with Gasteiger partial charge >= 0.3 is 5.97 Å². The van der Waals surface area contributed by atoms with E-state index in [4.69, 9.17) is 30.9 Å². The average molecular weight is 582 g/mol. The van der Waals surface area contributed by atoms with E-state index in [1.165, 1.54) is 6.07 Å². The van der Waals surface area contributed by atoms with Gasteiger partial charge in [0.25, 0.3) is 5.79 Å². The van der Waals surface area contributed by atoms with Crippen molar-refractivity contribution < 1.29 is 28.5 Å². The van der Waals surface area contributed by atoms with Gasteiger partial charge in [0.15, 0.2) is 11.5 Å². The zero-order chi connectivity index (χ0) is 28.6. The van der Waals surface area contributed by atoms with Crippen LogP contribution in [0.5, 0.6) is 11.5 Å². The number of likely N-dealkylation sites (tertiary alicyclic amines) is 1. The fourth-order valence-corrected chi connectivity index (χ4v) is 6.25. The number of hydrogen-bond acceptors (Lipinski definition) is 6. The van der Waals surface area contributed by atoms with Gasteiger partial charge in [0.2, 0.25) is 0 Å². The highest BCUT2D eigenvalue weighted by Crippen LogP contribution is 2.49. The van der Waals surface area contributed by atoms with Crippen molar-refractivity contribution in [3.8, 4) is 11.5 Å². The summed E-state index contributed by atoms with van der Waals surface area (Å²) < 4.78 is 35.2. The smallest absolute Gasteiger partial charge is 0.328 e. The molecule has 1 N–H and O–H groups in total. The van der Waals surface area contributed by atoms with Crippen molar-refractivity contribution >= 4 is 23.6 Å². The minimum absolute atomic E-state index is 0.111. The number of ether oxygens (including phenoxy) is 3. The number of hydrogen-bond donors (Lipinski definition) is 1. The molecule has 2 atom stereocenters. The molecule has 3 aliphatic heterocycles. The van der Waals surface area contributed by atoms with E-state index < -0.39 is 17.6 Å². The summed E-state index contributed by atoms with van der Waals surface area (Å²) in [5, 5.41) is 9.44. The van der Waals surface area contributed by atoms with E-state index in [1.807, 2.05) is 12.1 Å². The first-order chi connectivity index (χ1) is 19.8. The lowest BCUT2D eigenvalue weighted by Crippen LogP contribution is -2.34. The van der Waals surface area contributed by atoms with Gasteiger partial charge in [-0.25, -0.2) is 14.2 Å². The van der Waals surface area contributed by atoms with Gasteiger partial charge in [0.05, 0.1) is 36.6 Å². The predicted molar refractivity (Wildman–Crippen MR) is 152 cm³/mol. The zero-order valence-corrected chi connectivity index (χ0v) is 23.6. The van der Waals surface area contributed by atoms with E-state index in [0.29, 0.717) is 35.2 Å². The lowest BCUT2D eigenvalue weighted by molar-refractivity contribution is -0.131. The predicted octanol–water partition coefficient (Wildman–Crippen LogP) is 5.98. The highest BCUT2D eigenvalue weighted by atomic mass is 35.5. The van der Waals surface area contributed by atoms with Gasteiger partial charge in [-0.2, -0.15) is 0 Å². The summed E-state index contributed by atoms with van der Waals surface area (Å²) >= 11 is 5.96. The number of halogens is 2. The molecule has 2 fully saturated rings. The van der Waals surface area contributed by atoms with Crippen LogP contribution in [0.3, 0.4) is 0 Å². The van der Waals surface area contributed by atoms with Gasteiger partial charge in [0.1, 0.15) is 11.6 Å². The third kappa shape index (κ3) is 5.84. The van der Waals surface area contributed by atoms with Crippen LogP contribution in [0.4, 0.5) is 4.39 Å². The van der Waals surface area contributed by atoms with Crippen LogP contribution >= 0.6 is 11.6 Å². The van der Waals surface area contributed by atoms with Crippen LogP contribution in [-0.4, -0.2) is 51.3 Å². The molecule has 4 heterocycles. The monoisotopic (exact) mass is 581 g/mol. The second kappa shape index (κ2) is 11.5. The van der Waals surface area contributed by atoms with Crippen LogP contribution in [0.1, 0.15) is 61.2 Å². The van der Waals surface area contributed by atoms with E-state index in [0.717, 1.165) is 68.5 Å². The summed E-state index contributed by atoms with van der Waals surface area (Å²) in [4.78, 5) is 18.2. The third-order valence-corrected chi connectivity index (χ3v) is 8.43. The molecule has 0 aliphatic carbocycles. The summed E-state index contributed by atoms with van der Waals surface area (Å²) in [5.74, 6) is -0.281. The Morgan fingerprint density at radius 3 is 2.78 bits per heavy atom. The highest BCUT2D eigenvalue weighted by molar-refractivity contribution is 6.30. The number of imidazole rings is 1. The molecule has 0 bridgehead atoms.